The van der Waals surface area contributed by atoms with Crippen LogP contribution in [0.2, 0.25) is 0 Å². The molecule has 3 fully saturated rings. The zero-order valence-corrected chi connectivity index (χ0v) is 16.9. The van der Waals surface area contributed by atoms with Gasteiger partial charge in [-0.2, -0.15) is 0 Å². The number of benzene rings is 1. The van der Waals surface area contributed by atoms with Crippen molar-refractivity contribution >= 4 is 21.8 Å². The van der Waals surface area contributed by atoms with E-state index in [9.17, 15) is 4.79 Å². The van der Waals surface area contributed by atoms with Gasteiger partial charge in [-0.15, -0.1) is 0 Å². The van der Waals surface area contributed by atoms with Crippen LogP contribution in [0.4, 0.5) is 0 Å². The van der Waals surface area contributed by atoms with Crippen LogP contribution in [0.3, 0.4) is 0 Å². The van der Waals surface area contributed by atoms with Crippen molar-refractivity contribution in [3.63, 3.8) is 0 Å². The number of nitrogens with zero attached hydrogens (tertiary/aromatic N) is 2. The van der Waals surface area contributed by atoms with Gasteiger partial charge < -0.3 is 9.80 Å². The molecule has 0 spiro atoms. The second-order valence-corrected chi connectivity index (χ2v) is 8.75. The van der Waals surface area contributed by atoms with Crippen LogP contribution in [0.5, 0.6) is 0 Å². The molecule has 1 amide bonds. The van der Waals surface area contributed by atoms with E-state index in [4.69, 9.17) is 0 Å². The van der Waals surface area contributed by atoms with Crippen LogP contribution in [-0.2, 0) is 4.79 Å². The summed E-state index contributed by atoms with van der Waals surface area (Å²) in [6.45, 7) is 4.31. The number of carbonyl (C=O) groups is 1. The predicted molar refractivity (Wildman–Crippen MR) is 107 cm³/mol. The van der Waals surface area contributed by atoms with Gasteiger partial charge in [0, 0.05) is 29.6 Å². The molecule has 0 radical (unpaired) electrons. The molecular formula is C20H29BrN4O. The van der Waals surface area contributed by atoms with Gasteiger partial charge in [-0.1, -0.05) is 34.5 Å². The van der Waals surface area contributed by atoms with Crippen molar-refractivity contribution in [1.29, 1.82) is 0 Å². The molecule has 2 atom stereocenters. The topological polar surface area (TPSA) is 47.6 Å². The summed E-state index contributed by atoms with van der Waals surface area (Å²) in [5.74, 6) is 0.259. The third kappa shape index (κ3) is 4.14. The number of nitrogens with one attached hydrogen (secondary N) is 2. The summed E-state index contributed by atoms with van der Waals surface area (Å²) in [5.41, 5.74) is 7.75. The molecule has 1 aromatic carbocycles. The molecule has 0 aliphatic carbocycles. The lowest BCUT2D eigenvalue weighted by Crippen LogP contribution is -2.52. The van der Waals surface area contributed by atoms with Crippen molar-refractivity contribution in [2.24, 2.45) is 0 Å². The van der Waals surface area contributed by atoms with Gasteiger partial charge in [0.1, 0.15) is 6.04 Å². The van der Waals surface area contributed by atoms with Crippen molar-refractivity contribution in [2.75, 3.05) is 26.2 Å². The highest BCUT2D eigenvalue weighted by molar-refractivity contribution is 9.10. The van der Waals surface area contributed by atoms with Crippen LogP contribution in [0.1, 0.15) is 50.1 Å². The molecule has 4 rings (SSSR count). The summed E-state index contributed by atoms with van der Waals surface area (Å²) in [6, 6.07) is 9.10. The average molecular weight is 421 g/mol. The van der Waals surface area contributed by atoms with E-state index >= 15 is 0 Å². The third-order valence-electron chi connectivity index (χ3n) is 6.16. The van der Waals surface area contributed by atoms with Crippen LogP contribution in [0.25, 0.3) is 0 Å². The number of halogens is 1. The molecule has 0 saturated carbocycles. The molecule has 2 N–H and O–H groups in total. The molecule has 3 aliphatic rings. The Bertz CT molecular complexity index is 609. The summed E-state index contributed by atoms with van der Waals surface area (Å²) in [7, 11) is 0. The maximum absolute atomic E-state index is 12.9. The van der Waals surface area contributed by atoms with Crippen LogP contribution in [0.15, 0.2) is 28.7 Å². The Balaban J connectivity index is 1.28. The van der Waals surface area contributed by atoms with Crippen molar-refractivity contribution < 1.29 is 4.79 Å². The summed E-state index contributed by atoms with van der Waals surface area (Å²) in [6.07, 6.45) is 7.13. The fraction of sp³-hybridized carbons (Fsp3) is 0.650. The van der Waals surface area contributed by atoms with E-state index in [2.05, 4.69) is 60.8 Å². The van der Waals surface area contributed by atoms with E-state index in [0.717, 1.165) is 36.8 Å². The van der Waals surface area contributed by atoms with Gasteiger partial charge in [-0.25, -0.2) is 10.9 Å². The van der Waals surface area contributed by atoms with Crippen LogP contribution < -0.4 is 10.9 Å². The van der Waals surface area contributed by atoms with E-state index in [1.807, 2.05) is 0 Å². The van der Waals surface area contributed by atoms with Gasteiger partial charge in [0.25, 0.3) is 0 Å². The van der Waals surface area contributed by atoms with Crippen LogP contribution in [-0.4, -0.2) is 54.0 Å². The molecule has 3 aliphatic heterocycles. The third-order valence-corrected chi connectivity index (χ3v) is 6.69. The number of hydrogen-bond acceptors (Lipinski definition) is 4. The molecule has 142 valence electrons. The van der Waals surface area contributed by atoms with Crippen LogP contribution >= 0.6 is 15.9 Å². The summed E-state index contributed by atoms with van der Waals surface area (Å²) >= 11 is 3.47. The van der Waals surface area contributed by atoms with Crippen molar-refractivity contribution in [2.45, 2.75) is 56.7 Å². The first-order valence-electron chi connectivity index (χ1n) is 10.00. The van der Waals surface area contributed by atoms with Gasteiger partial charge in [0.2, 0.25) is 5.91 Å². The van der Waals surface area contributed by atoms with Crippen molar-refractivity contribution in [3.8, 4) is 0 Å². The lowest BCUT2D eigenvalue weighted by atomic mass is 9.98. The SMILES string of the molecule is O=C(C1CC(c2ccc(Br)cc2)NN1)N1CCC(N2CCCCC2)CC1. The number of piperidine rings is 2. The van der Waals surface area contributed by atoms with Gasteiger partial charge >= 0.3 is 0 Å². The van der Waals surface area contributed by atoms with Gasteiger partial charge in [0.15, 0.2) is 0 Å². The van der Waals surface area contributed by atoms with Gasteiger partial charge in [0.05, 0.1) is 0 Å². The quantitative estimate of drug-likeness (QED) is 0.788. The van der Waals surface area contributed by atoms with E-state index in [1.54, 1.807) is 0 Å². The monoisotopic (exact) mass is 420 g/mol. The Morgan fingerprint density at radius 3 is 2.35 bits per heavy atom. The minimum atomic E-state index is -0.116. The van der Waals surface area contributed by atoms with E-state index in [-0.39, 0.29) is 18.0 Å². The average Bonchev–Trinajstić information content (AvgIpc) is 3.19. The zero-order valence-electron chi connectivity index (χ0n) is 15.3. The Kier molecular flexibility index (Phi) is 5.93. The zero-order chi connectivity index (χ0) is 17.9. The van der Waals surface area contributed by atoms with E-state index in [1.165, 1.54) is 37.9 Å². The van der Waals surface area contributed by atoms with Crippen LogP contribution in [0, 0.1) is 0 Å². The fourth-order valence-corrected chi connectivity index (χ4v) is 4.85. The smallest absolute Gasteiger partial charge is 0.241 e. The summed E-state index contributed by atoms with van der Waals surface area (Å²) in [5, 5.41) is 0. The highest BCUT2D eigenvalue weighted by atomic mass is 79.9. The van der Waals surface area contributed by atoms with Crippen molar-refractivity contribution in [3.05, 3.63) is 34.3 Å². The Morgan fingerprint density at radius 2 is 1.65 bits per heavy atom. The molecular weight excluding hydrogens is 392 g/mol. The highest BCUT2D eigenvalue weighted by Gasteiger charge is 2.35. The number of hydrogen-bond donors (Lipinski definition) is 2. The largest absolute Gasteiger partial charge is 0.341 e. The normalized spacial score (nSPS) is 28.4. The standard InChI is InChI=1S/C20H29BrN4O/c21-16-6-4-15(5-7-16)18-14-19(23-22-18)20(26)25-12-8-17(9-13-25)24-10-2-1-3-11-24/h4-7,17-19,22-23H,1-3,8-14H2. The summed E-state index contributed by atoms with van der Waals surface area (Å²) < 4.78 is 1.08. The number of rotatable bonds is 3. The molecule has 2 unspecified atom stereocenters. The minimum Gasteiger partial charge on any atom is -0.341 e. The molecule has 0 bridgehead atoms. The number of amides is 1. The number of likely N-dealkylation sites (tertiary alicyclic amines) is 2. The molecule has 3 heterocycles. The molecule has 3 saturated heterocycles. The van der Waals surface area contributed by atoms with E-state index < -0.39 is 0 Å². The van der Waals surface area contributed by atoms with E-state index in [0.29, 0.717) is 6.04 Å². The highest BCUT2D eigenvalue weighted by Crippen LogP contribution is 2.26. The first-order valence-corrected chi connectivity index (χ1v) is 10.8. The second-order valence-electron chi connectivity index (χ2n) is 7.83. The first-order chi connectivity index (χ1) is 12.7. The predicted octanol–water partition coefficient (Wildman–Crippen LogP) is 2.83. The Labute approximate surface area is 164 Å². The molecule has 0 aromatic heterocycles. The maximum Gasteiger partial charge on any atom is 0.241 e. The Hall–Kier alpha value is -0.950. The number of hydrazine groups is 1. The van der Waals surface area contributed by atoms with Gasteiger partial charge in [-0.05, 0) is 62.9 Å². The minimum absolute atomic E-state index is 0.116. The first kappa shape index (κ1) is 18.4. The van der Waals surface area contributed by atoms with Gasteiger partial charge in [-0.3, -0.25) is 4.79 Å². The maximum atomic E-state index is 12.9. The van der Waals surface area contributed by atoms with Crippen molar-refractivity contribution in [1.82, 2.24) is 20.7 Å². The molecule has 5 nitrogen and oxygen atoms in total. The summed E-state index contributed by atoms with van der Waals surface area (Å²) in [4.78, 5) is 17.6. The molecule has 1 aromatic rings. The lowest BCUT2D eigenvalue weighted by Gasteiger charge is -2.40. The Morgan fingerprint density at radius 1 is 0.962 bits per heavy atom. The molecule has 6 heteroatoms. The molecule has 26 heavy (non-hydrogen) atoms. The second kappa shape index (κ2) is 8.38. The fourth-order valence-electron chi connectivity index (χ4n) is 4.59. The lowest BCUT2D eigenvalue weighted by molar-refractivity contribution is -0.134. The number of carbonyl (C=O) groups excluding carboxylic acids is 1.